The summed E-state index contributed by atoms with van der Waals surface area (Å²) < 4.78 is 0. The Balaban J connectivity index is 1.95. The molecule has 0 saturated heterocycles. The van der Waals surface area contributed by atoms with Crippen molar-refractivity contribution >= 4 is 0 Å². The molecule has 1 aromatic heterocycles. The molecular weight excluding hydrogens is 232 g/mol. The van der Waals surface area contributed by atoms with E-state index in [-0.39, 0.29) is 0 Å². The van der Waals surface area contributed by atoms with Crippen LogP contribution in [-0.4, -0.2) is 11.5 Å². The van der Waals surface area contributed by atoms with Crippen LogP contribution >= 0.6 is 0 Å². The Hall–Kier alpha value is -1.67. The molecule has 1 aromatic carbocycles. The van der Waals surface area contributed by atoms with Crippen LogP contribution in [0.15, 0.2) is 42.7 Å². The minimum atomic E-state index is 0.534. The number of nitrogens with zero attached hydrogens (tertiary/aromatic N) is 1. The van der Waals surface area contributed by atoms with Crippen molar-refractivity contribution in [1.82, 2.24) is 10.3 Å². The largest absolute Gasteiger partial charge is 0.310 e. The molecule has 1 atom stereocenters. The van der Waals surface area contributed by atoms with Crippen LogP contribution in [0.5, 0.6) is 0 Å². The molecule has 0 fully saturated rings. The highest BCUT2D eigenvalue weighted by Crippen LogP contribution is 2.37. The predicted molar refractivity (Wildman–Crippen MR) is 79.0 cm³/mol. The van der Waals surface area contributed by atoms with Crippen LogP contribution in [0.3, 0.4) is 0 Å². The molecule has 98 valence electrons. The Kier molecular flexibility index (Phi) is 3.60. The maximum absolute atomic E-state index is 4.24. The van der Waals surface area contributed by atoms with Gasteiger partial charge in [0.15, 0.2) is 0 Å². The third-order valence-electron chi connectivity index (χ3n) is 3.88. The van der Waals surface area contributed by atoms with Gasteiger partial charge in [-0.05, 0) is 48.6 Å². The average Bonchev–Trinajstić information content (AvgIpc) is 2.89. The minimum Gasteiger partial charge on any atom is -0.310 e. The van der Waals surface area contributed by atoms with Gasteiger partial charge in [-0.2, -0.15) is 0 Å². The van der Waals surface area contributed by atoms with Gasteiger partial charge in [0.05, 0.1) is 0 Å². The van der Waals surface area contributed by atoms with Crippen molar-refractivity contribution in [2.75, 3.05) is 6.54 Å². The topological polar surface area (TPSA) is 24.9 Å². The normalized spacial score (nSPS) is 17.4. The van der Waals surface area contributed by atoms with Crippen LogP contribution in [0.25, 0.3) is 11.1 Å². The van der Waals surface area contributed by atoms with Crippen LogP contribution in [0.2, 0.25) is 0 Å². The van der Waals surface area contributed by atoms with Gasteiger partial charge in [0, 0.05) is 24.0 Å². The summed E-state index contributed by atoms with van der Waals surface area (Å²) in [7, 11) is 0. The quantitative estimate of drug-likeness (QED) is 0.896. The van der Waals surface area contributed by atoms with E-state index in [4.69, 9.17) is 0 Å². The van der Waals surface area contributed by atoms with E-state index in [1.165, 1.54) is 41.5 Å². The summed E-state index contributed by atoms with van der Waals surface area (Å²) in [6.45, 7) is 3.32. The zero-order chi connectivity index (χ0) is 13.1. The zero-order valence-electron chi connectivity index (χ0n) is 11.4. The fraction of sp³-hybridized carbons (Fsp3) is 0.353. The summed E-state index contributed by atoms with van der Waals surface area (Å²) in [5, 5.41) is 3.65. The maximum atomic E-state index is 4.24. The lowest BCUT2D eigenvalue weighted by molar-refractivity contribution is 0.529. The van der Waals surface area contributed by atoms with Crippen molar-refractivity contribution in [3.8, 4) is 11.1 Å². The molecule has 1 unspecified atom stereocenters. The number of benzene rings is 1. The first kappa shape index (κ1) is 12.4. The highest BCUT2D eigenvalue weighted by atomic mass is 14.9. The first-order valence-electron chi connectivity index (χ1n) is 7.15. The standard InChI is InChI=1S/C17H20N2/c1-2-10-19-17-9-8-15-14(6-3-7-16(15)17)13-5-4-11-18-12-13/h3-7,11-12,17,19H,2,8-10H2,1H3. The monoisotopic (exact) mass is 252 g/mol. The number of rotatable bonds is 4. The number of hydrogen-bond acceptors (Lipinski definition) is 2. The van der Waals surface area contributed by atoms with Gasteiger partial charge >= 0.3 is 0 Å². The molecule has 0 spiro atoms. The van der Waals surface area contributed by atoms with E-state index < -0.39 is 0 Å². The second kappa shape index (κ2) is 5.54. The van der Waals surface area contributed by atoms with Gasteiger partial charge in [-0.1, -0.05) is 31.2 Å². The third-order valence-corrected chi connectivity index (χ3v) is 3.88. The van der Waals surface area contributed by atoms with Crippen LogP contribution < -0.4 is 5.32 Å². The number of hydrogen-bond donors (Lipinski definition) is 1. The minimum absolute atomic E-state index is 0.534. The molecule has 1 aliphatic carbocycles. The summed E-state index contributed by atoms with van der Waals surface area (Å²) in [6, 6.07) is 11.4. The lowest BCUT2D eigenvalue weighted by atomic mass is 9.97. The lowest BCUT2D eigenvalue weighted by Gasteiger charge is -2.14. The van der Waals surface area contributed by atoms with Crippen molar-refractivity contribution in [2.45, 2.75) is 32.2 Å². The Morgan fingerprint density at radius 3 is 3.00 bits per heavy atom. The molecule has 19 heavy (non-hydrogen) atoms. The second-order valence-corrected chi connectivity index (χ2v) is 5.16. The molecule has 0 bridgehead atoms. The number of fused-ring (bicyclic) bond motifs is 1. The number of pyridine rings is 1. The van der Waals surface area contributed by atoms with Crippen molar-refractivity contribution in [2.24, 2.45) is 0 Å². The van der Waals surface area contributed by atoms with E-state index >= 15 is 0 Å². The van der Waals surface area contributed by atoms with E-state index in [2.05, 4.69) is 41.5 Å². The van der Waals surface area contributed by atoms with Crippen LogP contribution in [0.1, 0.15) is 36.9 Å². The zero-order valence-corrected chi connectivity index (χ0v) is 11.4. The summed E-state index contributed by atoms with van der Waals surface area (Å²) in [5.41, 5.74) is 5.57. The Morgan fingerprint density at radius 1 is 1.26 bits per heavy atom. The Labute approximate surface area is 114 Å². The van der Waals surface area contributed by atoms with Crippen LogP contribution in [-0.2, 0) is 6.42 Å². The van der Waals surface area contributed by atoms with E-state index in [0.29, 0.717) is 6.04 Å². The molecule has 1 N–H and O–H groups in total. The average molecular weight is 252 g/mol. The second-order valence-electron chi connectivity index (χ2n) is 5.16. The first-order valence-corrected chi connectivity index (χ1v) is 7.15. The van der Waals surface area contributed by atoms with Crippen molar-refractivity contribution < 1.29 is 0 Å². The van der Waals surface area contributed by atoms with Gasteiger partial charge < -0.3 is 5.32 Å². The summed E-state index contributed by atoms with van der Waals surface area (Å²) >= 11 is 0. The van der Waals surface area contributed by atoms with Gasteiger partial charge in [-0.3, -0.25) is 4.98 Å². The molecule has 2 aromatic rings. The lowest BCUT2D eigenvalue weighted by Crippen LogP contribution is -2.19. The van der Waals surface area contributed by atoms with Crippen molar-refractivity contribution in [3.05, 3.63) is 53.9 Å². The fourth-order valence-corrected chi connectivity index (χ4v) is 2.98. The Morgan fingerprint density at radius 2 is 2.21 bits per heavy atom. The van der Waals surface area contributed by atoms with Crippen molar-refractivity contribution in [1.29, 1.82) is 0 Å². The van der Waals surface area contributed by atoms with Crippen LogP contribution in [0.4, 0.5) is 0 Å². The van der Waals surface area contributed by atoms with Gasteiger partial charge in [0.2, 0.25) is 0 Å². The van der Waals surface area contributed by atoms with E-state index in [9.17, 15) is 0 Å². The molecule has 3 rings (SSSR count). The van der Waals surface area contributed by atoms with Gasteiger partial charge in [0.25, 0.3) is 0 Å². The van der Waals surface area contributed by atoms with Gasteiger partial charge in [-0.15, -0.1) is 0 Å². The SMILES string of the molecule is CCCNC1CCc2c(-c3cccnc3)cccc21. The highest BCUT2D eigenvalue weighted by molar-refractivity contribution is 5.69. The van der Waals surface area contributed by atoms with E-state index in [0.717, 1.165) is 6.54 Å². The van der Waals surface area contributed by atoms with E-state index in [1.807, 2.05) is 18.5 Å². The number of aromatic nitrogens is 1. The van der Waals surface area contributed by atoms with E-state index in [1.54, 1.807) is 0 Å². The number of nitrogens with one attached hydrogen (secondary N) is 1. The molecule has 2 heteroatoms. The maximum Gasteiger partial charge on any atom is 0.0346 e. The van der Waals surface area contributed by atoms with Crippen molar-refractivity contribution in [3.63, 3.8) is 0 Å². The molecule has 0 amide bonds. The third kappa shape index (κ3) is 2.41. The molecular formula is C17H20N2. The van der Waals surface area contributed by atoms with Gasteiger partial charge in [0.1, 0.15) is 0 Å². The van der Waals surface area contributed by atoms with Crippen LogP contribution in [0, 0.1) is 0 Å². The summed E-state index contributed by atoms with van der Waals surface area (Å²) in [5.74, 6) is 0. The van der Waals surface area contributed by atoms with Gasteiger partial charge in [-0.25, -0.2) is 0 Å². The molecule has 1 heterocycles. The Bertz CT molecular complexity index is 548. The summed E-state index contributed by atoms with van der Waals surface area (Å²) in [4.78, 5) is 4.24. The molecule has 2 nitrogen and oxygen atoms in total. The smallest absolute Gasteiger partial charge is 0.0346 e. The molecule has 1 aliphatic rings. The highest BCUT2D eigenvalue weighted by Gasteiger charge is 2.24. The molecule has 0 aliphatic heterocycles. The first-order chi connectivity index (χ1) is 9.40. The molecule has 0 saturated carbocycles. The predicted octanol–water partition coefficient (Wildman–Crippen LogP) is 3.74. The fourth-order valence-electron chi connectivity index (χ4n) is 2.98. The summed E-state index contributed by atoms with van der Waals surface area (Å²) in [6.07, 6.45) is 7.36. The molecule has 0 radical (unpaired) electrons.